The fourth-order valence-corrected chi connectivity index (χ4v) is 4.40. The van der Waals surface area contributed by atoms with Crippen LogP contribution in [0.1, 0.15) is 46.6 Å². The topological polar surface area (TPSA) is 114 Å². The van der Waals surface area contributed by atoms with Gasteiger partial charge in [-0.05, 0) is 34.6 Å². The van der Waals surface area contributed by atoms with Gasteiger partial charge in [-0.1, -0.05) is 77.1 Å². The molecule has 0 radical (unpaired) electrons. The summed E-state index contributed by atoms with van der Waals surface area (Å²) in [5.41, 5.74) is 1.47. The number of hydroxylamine groups is 1. The van der Waals surface area contributed by atoms with Gasteiger partial charge in [0.15, 0.2) is 0 Å². The van der Waals surface area contributed by atoms with Crippen LogP contribution in [-0.2, 0) is 30.3 Å². The lowest BCUT2D eigenvalue weighted by Gasteiger charge is -2.40. The number of esters is 1. The molecule has 1 saturated heterocycles. The van der Waals surface area contributed by atoms with Crippen LogP contribution in [0.4, 0.5) is 0 Å². The standard InChI is InChI=1S/C27H36N2O6/c1-6-13-34-21(24(31)29-33)20(15-17-11-12-18-9-7-8-10-19(18)14-17)23(30)28-22-25(32)35-16-27(22,5)26(2,3)4/h7-12,14,20-22,33H,6,13,15-16H2,1-5H3,(H,28,30)(H,29,31)/t20?,21?,22-,27?/m1/s1. The molecule has 3 N–H and O–H groups in total. The summed E-state index contributed by atoms with van der Waals surface area (Å²) in [7, 11) is 0. The third kappa shape index (κ3) is 5.65. The number of benzene rings is 2. The van der Waals surface area contributed by atoms with Crippen LogP contribution >= 0.6 is 0 Å². The van der Waals surface area contributed by atoms with Crippen molar-refractivity contribution in [2.45, 2.75) is 59.6 Å². The molecule has 2 amide bonds. The highest BCUT2D eigenvalue weighted by molar-refractivity contribution is 5.92. The van der Waals surface area contributed by atoms with Crippen molar-refractivity contribution in [2.24, 2.45) is 16.7 Å². The first-order valence-electron chi connectivity index (χ1n) is 12.0. The van der Waals surface area contributed by atoms with Crippen LogP contribution in [0.3, 0.4) is 0 Å². The molecule has 1 aliphatic rings. The van der Waals surface area contributed by atoms with E-state index in [4.69, 9.17) is 9.47 Å². The van der Waals surface area contributed by atoms with E-state index < -0.39 is 41.3 Å². The van der Waals surface area contributed by atoms with Crippen LogP contribution in [0.15, 0.2) is 42.5 Å². The number of fused-ring (bicyclic) bond motifs is 1. The Morgan fingerprint density at radius 3 is 2.49 bits per heavy atom. The number of cyclic esters (lactones) is 1. The molecule has 190 valence electrons. The summed E-state index contributed by atoms with van der Waals surface area (Å²) in [4.78, 5) is 38.9. The molecule has 3 rings (SSSR count). The molecular formula is C27H36N2O6. The third-order valence-corrected chi connectivity index (χ3v) is 7.23. The number of carbonyl (C=O) groups excluding carboxylic acids is 3. The van der Waals surface area contributed by atoms with Gasteiger partial charge in [-0.2, -0.15) is 0 Å². The van der Waals surface area contributed by atoms with Gasteiger partial charge in [0.25, 0.3) is 5.91 Å². The van der Waals surface area contributed by atoms with E-state index in [2.05, 4.69) is 5.32 Å². The zero-order chi connectivity index (χ0) is 25.8. The highest BCUT2D eigenvalue weighted by Gasteiger charge is 2.55. The number of nitrogens with one attached hydrogen (secondary N) is 2. The molecule has 35 heavy (non-hydrogen) atoms. The van der Waals surface area contributed by atoms with Crippen molar-refractivity contribution in [3.05, 3.63) is 48.0 Å². The lowest BCUT2D eigenvalue weighted by atomic mass is 9.65. The Hall–Kier alpha value is -2.97. The van der Waals surface area contributed by atoms with Gasteiger partial charge < -0.3 is 14.8 Å². The van der Waals surface area contributed by atoms with Gasteiger partial charge in [-0.3, -0.25) is 14.8 Å². The van der Waals surface area contributed by atoms with Gasteiger partial charge in [0.1, 0.15) is 12.1 Å². The molecule has 0 saturated carbocycles. The van der Waals surface area contributed by atoms with Crippen LogP contribution in [0.2, 0.25) is 0 Å². The predicted molar refractivity (Wildman–Crippen MR) is 132 cm³/mol. The lowest BCUT2D eigenvalue weighted by Crippen LogP contribution is -2.56. The molecule has 3 unspecified atom stereocenters. The Bertz CT molecular complexity index is 1080. The molecule has 8 nitrogen and oxygen atoms in total. The Balaban J connectivity index is 1.96. The number of carbonyl (C=O) groups is 3. The molecular weight excluding hydrogens is 448 g/mol. The van der Waals surface area contributed by atoms with Crippen molar-refractivity contribution in [3.8, 4) is 0 Å². The summed E-state index contributed by atoms with van der Waals surface area (Å²) in [5.74, 6) is -2.82. The summed E-state index contributed by atoms with van der Waals surface area (Å²) < 4.78 is 11.1. The second-order valence-electron chi connectivity index (χ2n) is 10.5. The first kappa shape index (κ1) is 26.6. The first-order valence-corrected chi connectivity index (χ1v) is 12.0. The molecule has 0 spiro atoms. The molecule has 0 aromatic heterocycles. The van der Waals surface area contributed by atoms with Gasteiger partial charge in [0, 0.05) is 12.0 Å². The molecule has 8 heteroatoms. The van der Waals surface area contributed by atoms with Crippen LogP contribution in [-0.4, -0.2) is 48.4 Å². The quantitative estimate of drug-likeness (QED) is 0.286. The zero-order valence-corrected chi connectivity index (χ0v) is 21.1. The Morgan fingerprint density at radius 2 is 1.86 bits per heavy atom. The Kier molecular flexibility index (Phi) is 8.18. The second-order valence-corrected chi connectivity index (χ2v) is 10.5. The van der Waals surface area contributed by atoms with Crippen molar-refractivity contribution in [1.29, 1.82) is 0 Å². The smallest absolute Gasteiger partial charge is 0.329 e. The average Bonchev–Trinajstić information content (AvgIpc) is 3.12. The number of rotatable bonds is 9. The first-order chi connectivity index (χ1) is 16.5. The minimum Gasteiger partial charge on any atom is -0.463 e. The highest BCUT2D eigenvalue weighted by Crippen LogP contribution is 2.45. The minimum atomic E-state index is -1.25. The number of ether oxygens (including phenoxy) is 2. The van der Waals surface area contributed by atoms with Gasteiger partial charge in [-0.25, -0.2) is 10.3 Å². The van der Waals surface area contributed by atoms with Crippen molar-refractivity contribution >= 4 is 28.6 Å². The third-order valence-electron chi connectivity index (χ3n) is 7.23. The van der Waals surface area contributed by atoms with Crippen molar-refractivity contribution < 1.29 is 29.1 Å². The second kappa shape index (κ2) is 10.7. The molecule has 0 bridgehead atoms. The maximum atomic E-state index is 13.7. The molecule has 1 heterocycles. The van der Waals surface area contributed by atoms with Crippen molar-refractivity contribution in [3.63, 3.8) is 0 Å². The van der Waals surface area contributed by atoms with Crippen LogP contribution < -0.4 is 10.8 Å². The Labute approximate surface area is 206 Å². The summed E-state index contributed by atoms with van der Waals surface area (Å²) >= 11 is 0. The number of hydrogen-bond acceptors (Lipinski definition) is 6. The van der Waals surface area contributed by atoms with E-state index in [0.717, 1.165) is 16.3 Å². The molecule has 1 fully saturated rings. The SMILES string of the molecule is CCCOC(C(=O)NO)C(Cc1ccc2ccccc2c1)C(=O)N[C@@H]1C(=O)OCC1(C)C(C)(C)C. The zero-order valence-electron chi connectivity index (χ0n) is 21.1. The minimum absolute atomic E-state index is 0.173. The van der Waals surface area contributed by atoms with E-state index in [1.807, 2.05) is 77.1 Å². The fourth-order valence-electron chi connectivity index (χ4n) is 4.40. The molecule has 1 aliphatic heterocycles. The van der Waals surface area contributed by atoms with E-state index in [9.17, 15) is 19.6 Å². The van der Waals surface area contributed by atoms with E-state index >= 15 is 0 Å². The van der Waals surface area contributed by atoms with Crippen LogP contribution in [0.5, 0.6) is 0 Å². The van der Waals surface area contributed by atoms with Crippen molar-refractivity contribution in [1.82, 2.24) is 10.8 Å². The summed E-state index contributed by atoms with van der Waals surface area (Å²) in [6.07, 6.45) is -0.451. The lowest BCUT2D eigenvalue weighted by molar-refractivity contribution is -0.152. The summed E-state index contributed by atoms with van der Waals surface area (Å²) in [6.45, 7) is 10.2. The summed E-state index contributed by atoms with van der Waals surface area (Å²) in [6, 6.07) is 12.8. The molecule has 0 aliphatic carbocycles. The average molecular weight is 485 g/mol. The number of amides is 2. The summed E-state index contributed by atoms with van der Waals surface area (Å²) in [5, 5.41) is 14.3. The molecule has 4 atom stereocenters. The number of hydrogen-bond donors (Lipinski definition) is 3. The predicted octanol–water partition coefficient (Wildman–Crippen LogP) is 3.39. The van der Waals surface area contributed by atoms with E-state index in [1.54, 1.807) is 5.48 Å². The van der Waals surface area contributed by atoms with Crippen LogP contribution in [0.25, 0.3) is 10.8 Å². The maximum Gasteiger partial charge on any atom is 0.329 e. The van der Waals surface area contributed by atoms with Gasteiger partial charge in [-0.15, -0.1) is 0 Å². The maximum absolute atomic E-state index is 13.7. The van der Waals surface area contributed by atoms with E-state index in [0.29, 0.717) is 6.42 Å². The monoisotopic (exact) mass is 484 g/mol. The normalized spacial score (nSPS) is 21.9. The van der Waals surface area contributed by atoms with Gasteiger partial charge in [0.05, 0.1) is 12.5 Å². The molecule has 2 aromatic rings. The largest absolute Gasteiger partial charge is 0.463 e. The van der Waals surface area contributed by atoms with E-state index in [-0.39, 0.29) is 25.0 Å². The van der Waals surface area contributed by atoms with Crippen LogP contribution in [0, 0.1) is 16.7 Å². The van der Waals surface area contributed by atoms with Gasteiger partial charge >= 0.3 is 5.97 Å². The van der Waals surface area contributed by atoms with Gasteiger partial charge in [0.2, 0.25) is 5.91 Å². The fraction of sp³-hybridized carbons (Fsp3) is 0.519. The highest BCUT2D eigenvalue weighted by atomic mass is 16.5. The molecule has 2 aromatic carbocycles. The van der Waals surface area contributed by atoms with Crippen molar-refractivity contribution in [2.75, 3.05) is 13.2 Å². The Morgan fingerprint density at radius 1 is 1.17 bits per heavy atom. The van der Waals surface area contributed by atoms with E-state index in [1.165, 1.54) is 0 Å².